The Kier molecular flexibility index (Phi) is 10.6. The zero-order valence-corrected chi connectivity index (χ0v) is 15.1. The summed E-state index contributed by atoms with van der Waals surface area (Å²) in [6.07, 6.45) is 19.6. The number of esters is 1. The molecule has 1 aliphatic heterocycles. The van der Waals surface area contributed by atoms with E-state index in [0.717, 1.165) is 19.3 Å². The van der Waals surface area contributed by atoms with Gasteiger partial charge in [0.15, 0.2) is 0 Å². The van der Waals surface area contributed by atoms with Crippen LogP contribution < -0.4 is 0 Å². The van der Waals surface area contributed by atoms with Gasteiger partial charge in [0.2, 0.25) is 0 Å². The van der Waals surface area contributed by atoms with Crippen LogP contribution in [0.1, 0.15) is 117 Å². The zero-order chi connectivity index (χ0) is 16.1. The lowest BCUT2D eigenvalue weighted by Crippen LogP contribution is -2.28. The maximum Gasteiger partial charge on any atom is 0.306 e. The van der Waals surface area contributed by atoms with E-state index in [4.69, 9.17) is 4.74 Å². The highest BCUT2D eigenvalue weighted by molar-refractivity contribution is 5.72. The minimum Gasteiger partial charge on any atom is -0.459 e. The Hall–Kier alpha value is -0.530. The summed E-state index contributed by atoms with van der Waals surface area (Å²) in [5.74, 6) is 0.0389. The van der Waals surface area contributed by atoms with Crippen LogP contribution in [0.5, 0.6) is 0 Å². The summed E-state index contributed by atoms with van der Waals surface area (Å²) in [7, 11) is 0. The number of ether oxygens (including phenoxy) is 1. The Morgan fingerprint density at radius 2 is 1.23 bits per heavy atom. The molecule has 1 aliphatic rings. The molecule has 1 rings (SSSR count). The second-order valence-corrected chi connectivity index (χ2v) is 7.19. The van der Waals surface area contributed by atoms with E-state index in [9.17, 15) is 4.79 Å². The summed E-state index contributed by atoms with van der Waals surface area (Å²) < 4.78 is 5.77. The smallest absolute Gasteiger partial charge is 0.306 e. The van der Waals surface area contributed by atoms with Gasteiger partial charge in [-0.2, -0.15) is 0 Å². The predicted octanol–water partition coefficient (Wildman–Crippen LogP) is 6.56. The Balaban J connectivity index is 2.19. The van der Waals surface area contributed by atoms with E-state index < -0.39 is 0 Å². The van der Waals surface area contributed by atoms with Crippen LogP contribution in [-0.4, -0.2) is 11.6 Å². The molecular weight excluding hydrogens is 272 g/mol. The van der Waals surface area contributed by atoms with E-state index in [-0.39, 0.29) is 11.6 Å². The number of rotatable bonds is 14. The zero-order valence-electron chi connectivity index (χ0n) is 15.1. The minimum atomic E-state index is -0.0907. The van der Waals surface area contributed by atoms with Crippen molar-refractivity contribution in [2.45, 2.75) is 122 Å². The van der Waals surface area contributed by atoms with Crippen molar-refractivity contribution >= 4 is 5.97 Å². The first kappa shape index (κ1) is 19.5. The van der Waals surface area contributed by atoms with E-state index in [1.54, 1.807) is 0 Å². The van der Waals surface area contributed by atoms with Gasteiger partial charge >= 0.3 is 5.97 Å². The van der Waals surface area contributed by atoms with E-state index in [1.165, 1.54) is 77.0 Å². The summed E-state index contributed by atoms with van der Waals surface area (Å²) >= 11 is 0. The number of hydrogen-bond acceptors (Lipinski definition) is 2. The third-order valence-corrected chi connectivity index (χ3v) is 5.09. The van der Waals surface area contributed by atoms with E-state index >= 15 is 0 Å². The summed E-state index contributed by atoms with van der Waals surface area (Å²) in [6.45, 7) is 4.51. The maximum absolute atomic E-state index is 11.6. The van der Waals surface area contributed by atoms with Crippen LogP contribution in [0.2, 0.25) is 0 Å². The highest BCUT2D eigenvalue weighted by atomic mass is 16.6. The molecule has 1 saturated heterocycles. The SMILES string of the molecule is CCCCCCCCC1(CCCCCCCC)CCC(=O)O1. The molecule has 0 spiro atoms. The van der Waals surface area contributed by atoms with Gasteiger partial charge in [0.05, 0.1) is 0 Å². The third kappa shape index (κ3) is 8.19. The van der Waals surface area contributed by atoms with Crippen molar-refractivity contribution in [3.63, 3.8) is 0 Å². The van der Waals surface area contributed by atoms with Crippen LogP contribution >= 0.6 is 0 Å². The van der Waals surface area contributed by atoms with Gasteiger partial charge in [0, 0.05) is 6.42 Å². The van der Waals surface area contributed by atoms with Crippen molar-refractivity contribution < 1.29 is 9.53 Å². The first-order chi connectivity index (χ1) is 10.7. The minimum absolute atomic E-state index is 0.0389. The molecule has 0 saturated carbocycles. The van der Waals surface area contributed by atoms with Crippen molar-refractivity contribution in [3.05, 3.63) is 0 Å². The number of carbonyl (C=O) groups is 1. The van der Waals surface area contributed by atoms with E-state index in [0.29, 0.717) is 6.42 Å². The molecule has 0 amide bonds. The average Bonchev–Trinajstić information content (AvgIpc) is 2.88. The summed E-state index contributed by atoms with van der Waals surface area (Å²) in [5, 5.41) is 0. The largest absolute Gasteiger partial charge is 0.459 e. The standard InChI is InChI=1S/C20H38O2/c1-3-5-7-9-11-13-16-20(18-15-19(21)22-20)17-14-12-10-8-6-4-2/h3-18H2,1-2H3. The lowest BCUT2D eigenvalue weighted by molar-refractivity contribution is -0.149. The normalized spacial score (nSPS) is 16.9. The highest BCUT2D eigenvalue weighted by Crippen LogP contribution is 2.36. The molecule has 0 unspecified atom stereocenters. The van der Waals surface area contributed by atoms with Gasteiger partial charge in [0.1, 0.15) is 5.60 Å². The molecule has 0 aromatic rings. The molecule has 0 aromatic carbocycles. The van der Waals surface area contributed by atoms with Crippen LogP contribution in [0, 0.1) is 0 Å². The molecule has 0 bridgehead atoms. The fourth-order valence-corrected chi connectivity index (χ4v) is 3.61. The van der Waals surface area contributed by atoms with Crippen LogP contribution in [0.15, 0.2) is 0 Å². The van der Waals surface area contributed by atoms with E-state index in [1.807, 2.05) is 0 Å². The lowest BCUT2D eigenvalue weighted by atomic mass is 9.87. The van der Waals surface area contributed by atoms with Crippen molar-refractivity contribution in [1.29, 1.82) is 0 Å². The van der Waals surface area contributed by atoms with Gasteiger partial charge in [-0.15, -0.1) is 0 Å². The molecule has 0 atom stereocenters. The Morgan fingerprint density at radius 3 is 1.64 bits per heavy atom. The van der Waals surface area contributed by atoms with E-state index in [2.05, 4.69) is 13.8 Å². The summed E-state index contributed by atoms with van der Waals surface area (Å²) in [4.78, 5) is 11.6. The Bertz CT molecular complexity index is 269. The van der Waals surface area contributed by atoms with Crippen LogP contribution in [0.4, 0.5) is 0 Å². The molecule has 22 heavy (non-hydrogen) atoms. The van der Waals surface area contributed by atoms with Gasteiger partial charge in [-0.05, 0) is 32.1 Å². The van der Waals surface area contributed by atoms with Gasteiger partial charge in [-0.3, -0.25) is 4.79 Å². The second kappa shape index (κ2) is 12.0. The predicted molar refractivity (Wildman–Crippen MR) is 94.0 cm³/mol. The number of unbranched alkanes of at least 4 members (excludes halogenated alkanes) is 10. The molecule has 0 N–H and O–H groups in total. The average molecular weight is 311 g/mol. The Labute approximate surface area is 138 Å². The molecule has 0 radical (unpaired) electrons. The molecule has 2 heteroatoms. The van der Waals surface area contributed by atoms with Crippen LogP contribution in [-0.2, 0) is 9.53 Å². The summed E-state index contributed by atoms with van der Waals surface area (Å²) in [6, 6.07) is 0. The fourth-order valence-electron chi connectivity index (χ4n) is 3.61. The van der Waals surface area contributed by atoms with Gasteiger partial charge < -0.3 is 4.74 Å². The third-order valence-electron chi connectivity index (χ3n) is 5.09. The molecule has 0 aliphatic carbocycles. The first-order valence-electron chi connectivity index (χ1n) is 9.94. The fraction of sp³-hybridized carbons (Fsp3) is 0.950. The molecule has 1 fully saturated rings. The monoisotopic (exact) mass is 310 g/mol. The molecule has 0 aromatic heterocycles. The number of hydrogen-bond donors (Lipinski definition) is 0. The molecular formula is C20H38O2. The maximum atomic E-state index is 11.6. The van der Waals surface area contributed by atoms with Crippen molar-refractivity contribution in [2.24, 2.45) is 0 Å². The lowest BCUT2D eigenvalue weighted by Gasteiger charge is -2.28. The summed E-state index contributed by atoms with van der Waals surface area (Å²) in [5.41, 5.74) is -0.0907. The Morgan fingerprint density at radius 1 is 0.773 bits per heavy atom. The number of carbonyl (C=O) groups excluding carboxylic acids is 1. The molecule has 2 nitrogen and oxygen atoms in total. The highest BCUT2D eigenvalue weighted by Gasteiger charge is 2.38. The van der Waals surface area contributed by atoms with Crippen molar-refractivity contribution in [2.75, 3.05) is 0 Å². The first-order valence-corrected chi connectivity index (χ1v) is 9.94. The quantitative estimate of drug-likeness (QED) is 0.268. The van der Waals surface area contributed by atoms with Crippen molar-refractivity contribution in [1.82, 2.24) is 0 Å². The van der Waals surface area contributed by atoms with Gasteiger partial charge in [0.25, 0.3) is 0 Å². The number of cyclic esters (lactones) is 1. The molecule has 1 heterocycles. The van der Waals surface area contributed by atoms with Gasteiger partial charge in [-0.25, -0.2) is 0 Å². The van der Waals surface area contributed by atoms with Crippen molar-refractivity contribution in [3.8, 4) is 0 Å². The van der Waals surface area contributed by atoms with Gasteiger partial charge in [-0.1, -0.05) is 78.1 Å². The molecule has 130 valence electrons. The topological polar surface area (TPSA) is 26.3 Å². The second-order valence-electron chi connectivity index (χ2n) is 7.19. The van der Waals surface area contributed by atoms with Crippen LogP contribution in [0.25, 0.3) is 0 Å². The van der Waals surface area contributed by atoms with Crippen LogP contribution in [0.3, 0.4) is 0 Å².